The van der Waals surface area contributed by atoms with Crippen molar-refractivity contribution in [2.75, 3.05) is 19.0 Å². The van der Waals surface area contributed by atoms with Crippen LogP contribution in [0.2, 0.25) is 0 Å². The van der Waals surface area contributed by atoms with Gasteiger partial charge < -0.3 is 4.74 Å². The summed E-state index contributed by atoms with van der Waals surface area (Å²) in [6.07, 6.45) is 2.25. The third-order valence-corrected chi connectivity index (χ3v) is 4.35. The lowest BCUT2D eigenvalue weighted by atomic mass is 9.95. The average molecular weight is 270 g/mol. The van der Waals surface area contributed by atoms with E-state index in [2.05, 4.69) is 5.43 Å². The zero-order chi connectivity index (χ0) is 12.8. The van der Waals surface area contributed by atoms with Gasteiger partial charge in [0.2, 0.25) is 0 Å². The average Bonchev–Trinajstić information content (AvgIpc) is 2.43. The largest absolute Gasteiger partial charge is 0.381 e. The molecule has 1 aromatic carbocycles. The first-order chi connectivity index (χ1) is 8.79. The summed E-state index contributed by atoms with van der Waals surface area (Å²) in [7, 11) is 0. The molecule has 2 atom stereocenters. The molecule has 0 radical (unpaired) electrons. The molecule has 1 aromatic rings. The number of benzene rings is 1. The summed E-state index contributed by atoms with van der Waals surface area (Å²) in [5, 5.41) is 0. The van der Waals surface area contributed by atoms with E-state index >= 15 is 0 Å². The Balaban J connectivity index is 1.84. The van der Waals surface area contributed by atoms with E-state index < -0.39 is 0 Å². The number of ether oxygens (including phenoxy) is 1. The molecule has 1 heterocycles. The van der Waals surface area contributed by atoms with E-state index in [4.69, 9.17) is 10.6 Å². The molecule has 2 unspecified atom stereocenters. The molecule has 0 bridgehead atoms. The van der Waals surface area contributed by atoms with Gasteiger partial charge in [-0.05, 0) is 43.0 Å². The topological polar surface area (TPSA) is 47.3 Å². The lowest BCUT2D eigenvalue weighted by Crippen LogP contribution is -2.45. The highest BCUT2D eigenvalue weighted by molar-refractivity contribution is 7.99. The minimum Gasteiger partial charge on any atom is -0.381 e. The van der Waals surface area contributed by atoms with Gasteiger partial charge in [0.15, 0.2) is 0 Å². The fourth-order valence-corrected chi connectivity index (χ4v) is 3.19. The van der Waals surface area contributed by atoms with Crippen molar-refractivity contribution >= 4 is 11.8 Å². The molecule has 1 aliphatic heterocycles. The summed E-state index contributed by atoms with van der Waals surface area (Å²) in [5.41, 5.74) is 2.88. The number of nitrogens with two attached hydrogens (primary N) is 1. The summed E-state index contributed by atoms with van der Waals surface area (Å²) in [6, 6.07) is 6.80. The van der Waals surface area contributed by atoms with Crippen LogP contribution in [0, 0.1) is 11.7 Å². The predicted molar refractivity (Wildman–Crippen MR) is 71.8 cm³/mol. The van der Waals surface area contributed by atoms with E-state index in [1.54, 1.807) is 23.9 Å². The van der Waals surface area contributed by atoms with Gasteiger partial charge in [-0.15, -0.1) is 11.8 Å². The van der Waals surface area contributed by atoms with Gasteiger partial charge in [-0.3, -0.25) is 11.3 Å². The second-order valence-electron chi connectivity index (χ2n) is 4.52. The highest BCUT2D eigenvalue weighted by atomic mass is 32.2. The van der Waals surface area contributed by atoms with Gasteiger partial charge in [-0.2, -0.15) is 0 Å². The molecule has 0 aliphatic carbocycles. The summed E-state index contributed by atoms with van der Waals surface area (Å²) in [5.74, 6) is 6.75. The highest BCUT2D eigenvalue weighted by Crippen LogP contribution is 2.24. The lowest BCUT2D eigenvalue weighted by molar-refractivity contribution is 0.0427. The third-order valence-electron chi connectivity index (χ3n) is 3.22. The zero-order valence-electron chi connectivity index (χ0n) is 10.3. The Morgan fingerprint density at radius 2 is 2.22 bits per heavy atom. The Morgan fingerprint density at radius 1 is 1.44 bits per heavy atom. The molecule has 1 aliphatic rings. The van der Waals surface area contributed by atoms with Crippen molar-refractivity contribution in [3.63, 3.8) is 0 Å². The summed E-state index contributed by atoms with van der Waals surface area (Å²) in [6.45, 7) is 1.64. The van der Waals surface area contributed by atoms with E-state index in [0.29, 0.717) is 5.92 Å². The SMILES string of the molecule is NNC(CSc1ccc(F)cc1)C1CCCOC1. The molecule has 1 fully saturated rings. The van der Waals surface area contributed by atoms with Crippen molar-refractivity contribution in [1.82, 2.24) is 5.43 Å². The minimum absolute atomic E-state index is 0.200. The number of thioether (sulfide) groups is 1. The van der Waals surface area contributed by atoms with Crippen LogP contribution in [-0.4, -0.2) is 25.0 Å². The monoisotopic (exact) mass is 270 g/mol. The lowest BCUT2D eigenvalue weighted by Gasteiger charge is -2.29. The quantitative estimate of drug-likeness (QED) is 0.489. The van der Waals surface area contributed by atoms with Gasteiger partial charge >= 0.3 is 0 Å². The van der Waals surface area contributed by atoms with Crippen LogP contribution in [0.1, 0.15) is 12.8 Å². The van der Waals surface area contributed by atoms with Crippen LogP contribution in [0.15, 0.2) is 29.2 Å². The number of nitrogens with one attached hydrogen (secondary N) is 1. The first-order valence-electron chi connectivity index (χ1n) is 6.22. The van der Waals surface area contributed by atoms with E-state index in [1.165, 1.54) is 12.1 Å². The Kier molecular flexibility index (Phi) is 5.44. The van der Waals surface area contributed by atoms with Crippen LogP contribution in [0.25, 0.3) is 0 Å². The van der Waals surface area contributed by atoms with Crippen molar-refractivity contribution in [3.05, 3.63) is 30.1 Å². The smallest absolute Gasteiger partial charge is 0.123 e. The normalized spacial score (nSPS) is 21.8. The van der Waals surface area contributed by atoms with E-state index in [1.807, 2.05) is 0 Å². The maximum absolute atomic E-state index is 12.8. The van der Waals surface area contributed by atoms with Crippen LogP contribution < -0.4 is 11.3 Å². The van der Waals surface area contributed by atoms with E-state index in [-0.39, 0.29) is 11.9 Å². The Morgan fingerprint density at radius 3 is 2.83 bits per heavy atom. The molecule has 3 nitrogen and oxygen atoms in total. The molecule has 100 valence electrons. The molecule has 0 aromatic heterocycles. The van der Waals surface area contributed by atoms with Crippen molar-refractivity contribution in [3.8, 4) is 0 Å². The molecule has 1 saturated heterocycles. The van der Waals surface area contributed by atoms with Gasteiger partial charge in [-0.25, -0.2) is 4.39 Å². The number of hydrogen-bond donors (Lipinski definition) is 2. The van der Waals surface area contributed by atoms with Crippen LogP contribution >= 0.6 is 11.8 Å². The van der Waals surface area contributed by atoms with E-state index in [0.717, 1.165) is 36.7 Å². The third kappa shape index (κ3) is 3.95. The van der Waals surface area contributed by atoms with Crippen LogP contribution in [0.4, 0.5) is 4.39 Å². The van der Waals surface area contributed by atoms with Crippen LogP contribution in [-0.2, 0) is 4.74 Å². The highest BCUT2D eigenvalue weighted by Gasteiger charge is 2.23. The molecule has 3 N–H and O–H groups in total. The number of rotatable bonds is 5. The van der Waals surface area contributed by atoms with Gasteiger partial charge in [-0.1, -0.05) is 0 Å². The molecule has 0 spiro atoms. The number of hydrogen-bond acceptors (Lipinski definition) is 4. The second-order valence-corrected chi connectivity index (χ2v) is 5.61. The van der Waals surface area contributed by atoms with Crippen molar-refractivity contribution in [2.24, 2.45) is 11.8 Å². The minimum atomic E-state index is -0.200. The van der Waals surface area contributed by atoms with Gasteiger partial charge in [0.25, 0.3) is 0 Å². The second kappa shape index (κ2) is 7.09. The van der Waals surface area contributed by atoms with Crippen molar-refractivity contribution in [1.29, 1.82) is 0 Å². The zero-order valence-corrected chi connectivity index (χ0v) is 11.1. The fourth-order valence-electron chi connectivity index (χ4n) is 2.12. The van der Waals surface area contributed by atoms with Crippen LogP contribution in [0.3, 0.4) is 0 Å². The fraction of sp³-hybridized carbons (Fsp3) is 0.538. The van der Waals surface area contributed by atoms with Crippen molar-refractivity contribution < 1.29 is 9.13 Å². The van der Waals surface area contributed by atoms with Gasteiger partial charge in [0.05, 0.1) is 6.61 Å². The maximum atomic E-state index is 12.8. The molecule has 5 heteroatoms. The number of halogens is 1. The molecule has 18 heavy (non-hydrogen) atoms. The van der Waals surface area contributed by atoms with Gasteiger partial charge in [0.1, 0.15) is 5.82 Å². The first-order valence-corrected chi connectivity index (χ1v) is 7.20. The molecular weight excluding hydrogens is 251 g/mol. The predicted octanol–water partition coefficient (Wildman–Crippen LogP) is 2.18. The summed E-state index contributed by atoms with van der Waals surface area (Å²) >= 11 is 1.69. The molecular formula is C13H19FN2OS. The summed E-state index contributed by atoms with van der Waals surface area (Å²) < 4.78 is 18.3. The number of hydrazine groups is 1. The first kappa shape index (κ1) is 13.8. The molecule has 2 rings (SSSR count). The molecule has 0 saturated carbocycles. The van der Waals surface area contributed by atoms with E-state index in [9.17, 15) is 4.39 Å². The summed E-state index contributed by atoms with van der Waals surface area (Å²) in [4.78, 5) is 1.06. The van der Waals surface area contributed by atoms with Crippen LogP contribution in [0.5, 0.6) is 0 Å². The standard InChI is InChI=1S/C13H19FN2OS/c14-11-3-5-12(6-4-11)18-9-13(16-15)10-2-1-7-17-8-10/h3-6,10,13,16H,1-2,7-9,15H2. The Labute approximate surface area is 111 Å². The molecule has 0 amide bonds. The Hall–Kier alpha value is -0.620. The van der Waals surface area contributed by atoms with Gasteiger partial charge in [0, 0.05) is 23.3 Å². The van der Waals surface area contributed by atoms with Crippen molar-refractivity contribution in [2.45, 2.75) is 23.8 Å². The maximum Gasteiger partial charge on any atom is 0.123 e. The Bertz CT molecular complexity index is 355.